The van der Waals surface area contributed by atoms with Gasteiger partial charge in [-0.3, -0.25) is 0 Å². The SMILES string of the molecule is Cc1ccc(C(=O)OOC(=O)OCCC(COC(=O)OOC(=O)c2ccc(C)c(C)c2)C(COC(=O)OOC(=O)c2ccc(C)c(C)c2)C(CCOC(=O)OOC(=O)c2ccc(C)c(C)c2)COC(=O)OOC(=O)c2ccc(C)c(C)c2)cc1C. The zero-order valence-electron chi connectivity index (χ0n) is 48.0. The van der Waals surface area contributed by atoms with Crippen molar-refractivity contribution in [2.75, 3.05) is 33.0 Å². The van der Waals surface area contributed by atoms with Gasteiger partial charge in [0.2, 0.25) is 0 Å². The summed E-state index contributed by atoms with van der Waals surface area (Å²) in [5.41, 5.74) is 7.96. The van der Waals surface area contributed by atoms with E-state index in [0.29, 0.717) is 16.7 Å². The van der Waals surface area contributed by atoms with Gasteiger partial charge in [-0.2, -0.15) is 24.0 Å². The van der Waals surface area contributed by atoms with Crippen LogP contribution >= 0.6 is 0 Å². The van der Waals surface area contributed by atoms with Crippen LogP contribution < -0.4 is 0 Å². The van der Waals surface area contributed by atoms with Crippen molar-refractivity contribution in [1.82, 2.24) is 0 Å². The van der Waals surface area contributed by atoms with Gasteiger partial charge in [0.25, 0.3) is 0 Å². The Bertz CT molecular complexity index is 3100. The normalized spacial score (nSPS) is 11.6. The standard InChI is InChI=1S/C60H62O25/c1-33-11-16-43(25-38(33)6)51(61)76-81-56(66)71-23-21-48(30-73-58(68)83-78-53(63)45-18-13-35(3)40(8)27-45)50(32-75-60(70)85-80-55(65)47-20-15-37(5)42(10)29-47)49(31-74-59(69)84-79-54(64)46-19-14-36(4)41(9)28-46)22-24-72-57(67)82-77-52(62)44-17-12-34(2)39(7)26-44/h11-20,25-29,48-50H,21-24,30-32H2,1-10H3. The second-order valence-electron chi connectivity index (χ2n) is 19.4. The Balaban J connectivity index is 1.42. The number of carbonyl (C=O) groups excluding carboxylic acids is 10. The molecule has 0 fully saturated rings. The van der Waals surface area contributed by atoms with Crippen LogP contribution in [0.4, 0.5) is 24.0 Å². The molecule has 0 aliphatic carbocycles. The Hall–Kier alpha value is -10.2. The van der Waals surface area contributed by atoms with Gasteiger partial charge in [-0.15, -0.1) is 0 Å². The maximum absolute atomic E-state index is 13.2. The predicted molar refractivity (Wildman–Crippen MR) is 289 cm³/mol. The van der Waals surface area contributed by atoms with Crippen molar-refractivity contribution >= 4 is 60.6 Å². The Labute approximate surface area is 487 Å². The Morgan fingerprint density at radius 2 is 0.482 bits per heavy atom. The highest BCUT2D eigenvalue weighted by molar-refractivity contribution is 5.92. The van der Waals surface area contributed by atoms with Crippen LogP contribution in [-0.4, -0.2) is 93.7 Å². The van der Waals surface area contributed by atoms with E-state index in [2.05, 4.69) is 34.2 Å². The molecule has 0 aliphatic heterocycles. The molecule has 85 heavy (non-hydrogen) atoms. The summed E-state index contributed by atoms with van der Waals surface area (Å²) in [6, 6.07) is 22.7. The topological polar surface area (TPSA) is 309 Å². The van der Waals surface area contributed by atoms with Crippen molar-refractivity contribution in [3.8, 4) is 0 Å². The molecular weight excluding hydrogens is 1120 g/mol. The Morgan fingerprint density at radius 1 is 0.271 bits per heavy atom. The third-order valence-corrected chi connectivity index (χ3v) is 13.5. The summed E-state index contributed by atoms with van der Waals surface area (Å²) in [7, 11) is 0. The third kappa shape index (κ3) is 20.9. The van der Waals surface area contributed by atoms with E-state index in [4.69, 9.17) is 38.3 Å². The first-order valence-corrected chi connectivity index (χ1v) is 26.0. The summed E-state index contributed by atoms with van der Waals surface area (Å²) in [5, 5.41) is 0. The van der Waals surface area contributed by atoms with Gasteiger partial charge in [-0.1, -0.05) is 30.3 Å². The molecule has 0 aromatic heterocycles. The Morgan fingerprint density at radius 3 is 0.706 bits per heavy atom. The number of rotatable bonds is 19. The van der Waals surface area contributed by atoms with E-state index in [9.17, 15) is 47.9 Å². The molecule has 5 rings (SSSR count). The zero-order valence-corrected chi connectivity index (χ0v) is 48.0. The molecule has 2 atom stereocenters. The summed E-state index contributed by atoms with van der Waals surface area (Å²) >= 11 is 0. The number of hydrogen-bond donors (Lipinski definition) is 0. The lowest BCUT2D eigenvalue weighted by Crippen LogP contribution is -2.37. The fraction of sp³-hybridized carbons (Fsp3) is 0.333. The lowest BCUT2D eigenvalue weighted by molar-refractivity contribution is -0.210. The van der Waals surface area contributed by atoms with E-state index < -0.39 is 124 Å². The van der Waals surface area contributed by atoms with Crippen molar-refractivity contribution in [1.29, 1.82) is 0 Å². The number of benzene rings is 5. The average molecular weight is 1180 g/mol. The largest absolute Gasteiger partial charge is 0.549 e. The van der Waals surface area contributed by atoms with Crippen molar-refractivity contribution in [2.24, 2.45) is 17.8 Å². The van der Waals surface area contributed by atoms with Crippen molar-refractivity contribution in [3.05, 3.63) is 174 Å². The van der Waals surface area contributed by atoms with Gasteiger partial charge in [0.1, 0.15) is 0 Å². The molecule has 0 saturated heterocycles. The summed E-state index contributed by atoms with van der Waals surface area (Å²) in [4.78, 5) is 176. The molecule has 0 aliphatic rings. The molecule has 2 unspecified atom stereocenters. The van der Waals surface area contributed by atoms with Crippen LogP contribution in [0, 0.1) is 87.0 Å². The van der Waals surface area contributed by atoms with E-state index in [0.717, 1.165) is 38.9 Å². The van der Waals surface area contributed by atoms with Crippen LogP contribution in [0.5, 0.6) is 0 Å². The fourth-order valence-corrected chi connectivity index (χ4v) is 7.66. The quantitative estimate of drug-likeness (QED) is 0.0321. The highest BCUT2D eigenvalue weighted by atomic mass is 17.3. The van der Waals surface area contributed by atoms with Crippen molar-refractivity contribution < 1.29 is 121 Å². The van der Waals surface area contributed by atoms with Gasteiger partial charge in [0, 0.05) is 17.8 Å². The molecule has 25 heteroatoms. The lowest BCUT2D eigenvalue weighted by Gasteiger charge is -2.32. The first kappa shape index (κ1) is 65.6. The molecule has 0 saturated carbocycles. The molecule has 0 N–H and O–H groups in total. The third-order valence-electron chi connectivity index (χ3n) is 13.5. The minimum absolute atomic E-state index is 0.00151. The van der Waals surface area contributed by atoms with E-state index in [-0.39, 0.29) is 27.8 Å². The molecular formula is C60H62O25. The van der Waals surface area contributed by atoms with E-state index in [1.165, 1.54) is 60.7 Å². The molecule has 452 valence electrons. The summed E-state index contributed by atoms with van der Waals surface area (Å²) in [5.74, 6) is -9.40. The molecule has 0 radical (unpaired) electrons. The second-order valence-corrected chi connectivity index (χ2v) is 19.4. The first-order valence-electron chi connectivity index (χ1n) is 26.0. The molecule has 5 aromatic rings. The van der Waals surface area contributed by atoms with Crippen LogP contribution in [-0.2, 0) is 72.6 Å². The van der Waals surface area contributed by atoms with Crippen molar-refractivity contribution in [2.45, 2.75) is 82.1 Å². The van der Waals surface area contributed by atoms with E-state index in [1.807, 2.05) is 13.8 Å². The average Bonchev–Trinajstić information content (AvgIpc) is 3.63. The highest BCUT2D eigenvalue weighted by Gasteiger charge is 2.35. The van der Waals surface area contributed by atoms with Crippen LogP contribution in [0.2, 0.25) is 0 Å². The monoisotopic (exact) mass is 1180 g/mol. The van der Waals surface area contributed by atoms with Crippen molar-refractivity contribution in [3.63, 3.8) is 0 Å². The number of carbonyl (C=O) groups is 10. The number of ether oxygens (including phenoxy) is 5. The smallest absolute Gasteiger partial charge is 0.432 e. The van der Waals surface area contributed by atoms with E-state index in [1.54, 1.807) is 85.7 Å². The first-order chi connectivity index (χ1) is 40.4. The summed E-state index contributed by atoms with van der Waals surface area (Å²) in [6.07, 6.45) is -8.81. The molecule has 0 heterocycles. The molecule has 0 bridgehead atoms. The van der Waals surface area contributed by atoms with E-state index >= 15 is 0 Å². The zero-order chi connectivity index (χ0) is 62.3. The fourth-order valence-electron chi connectivity index (χ4n) is 7.66. The second kappa shape index (κ2) is 31.9. The van der Waals surface area contributed by atoms with Crippen LogP contribution in [0.3, 0.4) is 0 Å². The van der Waals surface area contributed by atoms with Gasteiger partial charge in [-0.05, 0) is 198 Å². The summed E-state index contributed by atoms with van der Waals surface area (Å²) < 4.78 is 26.5. The minimum Gasteiger partial charge on any atom is -0.432 e. The molecule has 5 aromatic carbocycles. The van der Waals surface area contributed by atoms with Crippen LogP contribution in [0.25, 0.3) is 0 Å². The molecule has 25 nitrogen and oxygen atoms in total. The van der Waals surface area contributed by atoms with Gasteiger partial charge >= 0.3 is 60.6 Å². The number of hydrogen-bond acceptors (Lipinski definition) is 25. The predicted octanol–water partition coefficient (Wildman–Crippen LogP) is 11.3. The van der Waals surface area contributed by atoms with Gasteiger partial charge in [0.05, 0.1) is 60.9 Å². The maximum atomic E-state index is 13.2. The molecule has 0 spiro atoms. The maximum Gasteiger partial charge on any atom is 0.549 e. The minimum atomic E-state index is -1.63. The highest BCUT2D eigenvalue weighted by Crippen LogP contribution is 2.30. The summed E-state index contributed by atoms with van der Waals surface area (Å²) in [6.45, 7) is 13.8. The lowest BCUT2D eigenvalue weighted by atomic mass is 9.79. The van der Waals surface area contributed by atoms with Crippen LogP contribution in [0.1, 0.15) is 120 Å². The van der Waals surface area contributed by atoms with Gasteiger partial charge in [0.15, 0.2) is 0 Å². The van der Waals surface area contributed by atoms with Gasteiger partial charge in [-0.25, -0.2) is 72.8 Å². The van der Waals surface area contributed by atoms with Gasteiger partial charge < -0.3 is 23.7 Å². The number of aryl methyl sites for hydroxylation is 10. The Kier molecular flexibility index (Phi) is 24.6. The molecule has 0 amide bonds. The van der Waals surface area contributed by atoms with Crippen LogP contribution in [0.15, 0.2) is 91.0 Å².